The molecule has 1 aromatic rings. The fourth-order valence-electron chi connectivity index (χ4n) is 3.89. The van der Waals surface area contributed by atoms with Crippen molar-refractivity contribution in [3.8, 4) is 0 Å². The van der Waals surface area contributed by atoms with Gasteiger partial charge in [-0.25, -0.2) is 0 Å². The van der Waals surface area contributed by atoms with Gasteiger partial charge in [-0.3, -0.25) is 9.69 Å². The van der Waals surface area contributed by atoms with E-state index in [-0.39, 0.29) is 24.0 Å². The van der Waals surface area contributed by atoms with Crippen LogP contribution < -0.4 is 0 Å². The summed E-state index contributed by atoms with van der Waals surface area (Å²) in [6.45, 7) is 3.24. The number of hydrogen-bond acceptors (Lipinski definition) is 4. The molecule has 2 saturated heterocycles. The molecule has 0 aromatic heterocycles. The van der Waals surface area contributed by atoms with Crippen LogP contribution in [-0.4, -0.2) is 66.3 Å². The normalized spacial score (nSPS) is 28.0. The monoisotopic (exact) mass is 332 g/mol. The second kappa shape index (κ2) is 8.10. The van der Waals surface area contributed by atoms with Crippen molar-refractivity contribution >= 4 is 5.91 Å². The Morgan fingerprint density at radius 3 is 2.88 bits per heavy atom. The molecule has 1 aromatic carbocycles. The molecule has 2 aliphatic heterocycles. The van der Waals surface area contributed by atoms with Crippen LogP contribution in [0.15, 0.2) is 30.3 Å². The van der Waals surface area contributed by atoms with Gasteiger partial charge in [-0.2, -0.15) is 0 Å². The summed E-state index contributed by atoms with van der Waals surface area (Å²) in [5.74, 6) is 0.269. The van der Waals surface area contributed by atoms with Crippen LogP contribution in [0.3, 0.4) is 0 Å². The van der Waals surface area contributed by atoms with E-state index in [0.717, 1.165) is 24.9 Å². The quantitative estimate of drug-likeness (QED) is 0.888. The number of carbonyl (C=O) groups excluding carboxylic acids is 1. The topological polar surface area (TPSA) is 53.0 Å². The molecule has 1 N–H and O–H groups in total. The molecular weight excluding hydrogens is 304 g/mol. The van der Waals surface area contributed by atoms with Gasteiger partial charge in [0.1, 0.15) is 0 Å². The SMILES string of the molecule is CN(Cc1ccccc1)C(=O)CN1CCC[C@@H]1[C@H]1COCC[C@@H]1O. The lowest BCUT2D eigenvalue weighted by atomic mass is 9.89. The van der Waals surface area contributed by atoms with Crippen molar-refractivity contribution in [3.05, 3.63) is 35.9 Å². The molecule has 132 valence electrons. The van der Waals surface area contributed by atoms with Gasteiger partial charge in [0.25, 0.3) is 0 Å². The van der Waals surface area contributed by atoms with Crippen LogP contribution >= 0.6 is 0 Å². The lowest BCUT2D eigenvalue weighted by Gasteiger charge is -2.37. The second-order valence-corrected chi connectivity index (χ2v) is 7.01. The van der Waals surface area contributed by atoms with Gasteiger partial charge < -0.3 is 14.7 Å². The maximum atomic E-state index is 12.6. The van der Waals surface area contributed by atoms with Gasteiger partial charge in [0.15, 0.2) is 0 Å². The number of amides is 1. The van der Waals surface area contributed by atoms with Crippen molar-refractivity contribution < 1.29 is 14.6 Å². The standard InChI is InChI=1S/C19H28N2O3/c1-20(12-15-6-3-2-4-7-15)19(23)13-21-10-5-8-17(21)16-14-24-11-9-18(16)22/h2-4,6-7,16-18,22H,5,8-14H2,1H3/t16-,17-,18+/m1/s1. The molecule has 5 heteroatoms. The molecule has 2 fully saturated rings. The molecule has 24 heavy (non-hydrogen) atoms. The number of hydrogen-bond donors (Lipinski definition) is 1. The highest BCUT2D eigenvalue weighted by Gasteiger charge is 2.38. The van der Waals surface area contributed by atoms with Crippen LogP contribution in [0.4, 0.5) is 0 Å². The molecule has 2 heterocycles. The fourth-order valence-corrected chi connectivity index (χ4v) is 3.89. The fraction of sp³-hybridized carbons (Fsp3) is 0.632. The van der Waals surface area contributed by atoms with Crippen molar-refractivity contribution in [1.82, 2.24) is 9.80 Å². The minimum Gasteiger partial charge on any atom is -0.393 e. The third-order valence-electron chi connectivity index (χ3n) is 5.30. The summed E-state index contributed by atoms with van der Waals surface area (Å²) >= 11 is 0. The lowest BCUT2D eigenvalue weighted by Crippen LogP contribution is -2.48. The van der Waals surface area contributed by atoms with E-state index in [0.29, 0.717) is 32.7 Å². The maximum Gasteiger partial charge on any atom is 0.236 e. The van der Waals surface area contributed by atoms with Crippen molar-refractivity contribution in [2.75, 3.05) is 33.4 Å². The molecule has 0 bridgehead atoms. The molecule has 0 aliphatic carbocycles. The van der Waals surface area contributed by atoms with E-state index in [2.05, 4.69) is 4.90 Å². The van der Waals surface area contributed by atoms with Crippen LogP contribution in [0, 0.1) is 5.92 Å². The van der Waals surface area contributed by atoms with Crippen molar-refractivity contribution in [3.63, 3.8) is 0 Å². The van der Waals surface area contributed by atoms with E-state index in [1.165, 1.54) is 0 Å². The third kappa shape index (κ3) is 4.15. The summed E-state index contributed by atoms with van der Waals surface area (Å²) in [6, 6.07) is 10.3. The van der Waals surface area contributed by atoms with Crippen LogP contribution in [0.25, 0.3) is 0 Å². The third-order valence-corrected chi connectivity index (χ3v) is 5.30. The second-order valence-electron chi connectivity index (χ2n) is 7.01. The Hall–Kier alpha value is -1.43. The smallest absolute Gasteiger partial charge is 0.236 e. The van der Waals surface area contributed by atoms with E-state index in [1.54, 1.807) is 4.90 Å². The first kappa shape index (κ1) is 17.4. The molecule has 3 rings (SSSR count). The summed E-state index contributed by atoms with van der Waals surface area (Å²) in [7, 11) is 1.86. The highest BCUT2D eigenvalue weighted by molar-refractivity contribution is 5.78. The highest BCUT2D eigenvalue weighted by Crippen LogP contribution is 2.29. The zero-order chi connectivity index (χ0) is 16.9. The first-order valence-electron chi connectivity index (χ1n) is 8.93. The van der Waals surface area contributed by atoms with Crippen molar-refractivity contribution in [2.45, 2.75) is 38.0 Å². The summed E-state index contributed by atoms with van der Waals surface area (Å²) < 4.78 is 5.56. The summed E-state index contributed by atoms with van der Waals surface area (Å²) in [5, 5.41) is 10.3. The molecule has 1 amide bonds. The number of carbonyl (C=O) groups is 1. The highest BCUT2D eigenvalue weighted by atomic mass is 16.5. The van der Waals surface area contributed by atoms with Gasteiger partial charge in [-0.15, -0.1) is 0 Å². The maximum absolute atomic E-state index is 12.6. The number of likely N-dealkylation sites (N-methyl/N-ethyl adjacent to an activating group) is 1. The van der Waals surface area contributed by atoms with Crippen molar-refractivity contribution in [1.29, 1.82) is 0 Å². The zero-order valence-electron chi connectivity index (χ0n) is 14.4. The van der Waals surface area contributed by atoms with E-state index in [1.807, 2.05) is 37.4 Å². The molecule has 0 unspecified atom stereocenters. The summed E-state index contributed by atoms with van der Waals surface area (Å²) in [5.41, 5.74) is 1.14. The van der Waals surface area contributed by atoms with Crippen molar-refractivity contribution in [2.24, 2.45) is 5.92 Å². The van der Waals surface area contributed by atoms with Gasteiger partial charge in [0, 0.05) is 32.2 Å². The Bertz CT molecular complexity index is 537. The lowest BCUT2D eigenvalue weighted by molar-refractivity contribution is -0.133. The van der Waals surface area contributed by atoms with Crippen LogP contribution in [0.1, 0.15) is 24.8 Å². The molecule has 3 atom stereocenters. The Labute approximate surface area is 144 Å². The van der Waals surface area contributed by atoms with E-state index >= 15 is 0 Å². The minimum atomic E-state index is -0.304. The average molecular weight is 332 g/mol. The van der Waals surface area contributed by atoms with Crippen LogP contribution in [0.2, 0.25) is 0 Å². The van der Waals surface area contributed by atoms with Gasteiger partial charge in [-0.1, -0.05) is 30.3 Å². The van der Waals surface area contributed by atoms with Crippen LogP contribution in [0.5, 0.6) is 0 Å². The molecule has 0 saturated carbocycles. The first-order valence-corrected chi connectivity index (χ1v) is 8.93. The molecule has 2 aliphatic rings. The Kier molecular flexibility index (Phi) is 5.87. The number of ether oxygens (including phenoxy) is 1. The first-order chi connectivity index (χ1) is 11.6. The van der Waals surface area contributed by atoms with Gasteiger partial charge in [0.05, 0.1) is 19.3 Å². The zero-order valence-corrected chi connectivity index (χ0v) is 14.4. The van der Waals surface area contributed by atoms with Crippen LogP contribution in [-0.2, 0) is 16.1 Å². The van der Waals surface area contributed by atoms with Gasteiger partial charge in [0.2, 0.25) is 5.91 Å². The largest absolute Gasteiger partial charge is 0.393 e. The molecular formula is C19H28N2O3. The number of aliphatic hydroxyl groups is 1. The molecule has 0 spiro atoms. The number of nitrogens with zero attached hydrogens (tertiary/aromatic N) is 2. The van der Waals surface area contributed by atoms with E-state index in [9.17, 15) is 9.90 Å². The number of benzene rings is 1. The Balaban J connectivity index is 1.56. The van der Waals surface area contributed by atoms with E-state index < -0.39 is 0 Å². The predicted molar refractivity (Wildman–Crippen MR) is 92.4 cm³/mol. The van der Waals surface area contributed by atoms with E-state index in [4.69, 9.17) is 4.74 Å². The van der Waals surface area contributed by atoms with Gasteiger partial charge >= 0.3 is 0 Å². The number of rotatable bonds is 5. The number of likely N-dealkylation sites (tertiary alicyclic amines) is 1. The summed E-state index contributed by atoms with van der Waals surface area (Å²) in [6.07, 6.45) is 2.53. The minimum absolute atomic E-state index is 0.133. The van der Waals surface area contributed by atoms with Gasteiger partial charge in [-0.05, 0) is 31.4 Å². The number of aliphatic hydroxyl groups excluding tert-OH is 1. The molecule has 0 radical (unpaired) electrons. The summed E-state index contributed by atoms with van der Waals surface area (Å²) in [4.78, 5) is 16.6. The Morgan fingerprint density at radius 1 is 1.33 bits per heavy atom. The Morgan fingerprint density at radius 2 is 2.12 bits per heavy atom. The predicted octanol–water partition coefficient (Wildman–Crippen LogP) is 1.51. The average Bonchev–Trinajstić information content (AvgIpc) is 3.04. The molecule has 5 nitrogen and oxygen atoms in total.